The number of pyridine rings is 1. The van der Waals surface area contributed by atoms with Crippen molar-refractivity contribution in [1.82, 2.24) is 4.98 Å². The minimum absolute atomic E-state index is 0.215. The van der Waals surface area contributed by atoms with Gasteiger partial charge in [0.2, 0.25) is 0 Å². The highest BCUT2D eigenvalue weighted by atomic mass is 32.1. The van der Waals surface area contributed by atoms with Gasteiger partial charge in [-0.2, -0.15) is 0 Å². The van der Waals surface area contributed by atoms with Crippen LogP contribution in [0.4, 0.5) is 0 Å². The molecule has 0 radical (unpaired) electrons. The van der Waals surface area contributed by atoms with Crippen LogP contribution in [0.25, 0.3) is 0 Å². The number of carbonyl (C=O) groups excluding carboxylic acids is 1. The minimum Gasteiger partial charge on any atom is -0.461 e. The summed E-state index contributed by atoms with van der Waals surface area (Å²) in [6.45, 7) is 4.47. The predicted octanol–water partition coefficient (Wildman–Crippen LogP) is 3.55. The third-order valence-electron chi connectivity index (χ3n) is 2.93. The number of nitrogens with zero attached hydrogens (tertiary/aromatic N) is 1. The standard InChI is InChI=1S/C15H17NO2S/c1-11-9-14(19-12(11)2)15(17)18-8-4-6-13-5-3-7-16-10-13/h3,5,7,9-10H,4,6,8H2,1-2H3. The summed E-state index contributed by atoms with van der Waals surface area (Å²) in [7, 11) is 0. The molecule has 0 atom stereocenters. The second-order valence-corrected chi connectivity index (χ2v) is 5.71. The molecule has 0 N–H and O–H groups in total. The van der Waals surface area contributed by atoms with Gasteiger partial charge >= 0.3 is 5.97 Å². The number of hydrogen-bond donors (Lipinski definition) is 0. The molecule has 0 amide bonds. The Balaban J connectivity index is 1.75. The number of aryl methyl sites for hydroxylation is 3. The van der Waals surface area contributed by atoms with Crippen molar-refractivity contribution >= 4 is 17.3 Å². The van der Waals surface area contributed by atoms with Crippen LogP contribution in [0.15, 0.2) is 30.6 Å². The van der Waals surface area contributed by atoms with Crippen LogP contribution in [0.3, 0.4) is 0 Å². The Hall–Kier alpha value is -1.68. The Labute approximate surface area is 117 Å². The smallest absolute Gasteiger partial charge is 0.348 e. The summed E-state index contributed by atoms with van der Waals surface area (Å²) in [5.74, 6) is -0.215. The van der Waals surface area contributed by atoms with Crippen LogP contribution in [0, 0.1) is 13.8 Å². The molecule has 0 aliphatic carbocycles. The lowest BCUT2D eigenvalue weighted by Crippen LogP contribution is -2.05. The fourth-order valence-electron chi connectivity index (χ4n) is 1.73. The quantitative estimate of drug-likeness (QED) is 0.619. The zero-order valence-electron chi connectivity index (χ0n) is 11.2. The van der Waals surface area contributed by atoms with E-state index in [0.29, 0.717) is 11.5 Å². The number of hydrogen-bond acceptors (Lipinski definition) is 4. The van der Waals surface area contributed by atoms with Crippen LogP contribution in [-0.2, 0) is 11.2 Å². The molecule has 0 saturated heterocycles. The van der Waals surface area contributed by atoms with Crippen molar-refractivity contribution in [2.75, 3.05) is 6.61 Å². The molecule has 0 spiro atoms. The van der Waals surface area contributed by atoms with E-state index >= 15 is 0 Å². The van der Waals surface area contributed by atoms with E-state index in [1.165, 1.54) is 21.8 Å². The summed E-state index contributed by atoms with van der Waals surface area (Å²) in [6.07, 6.45) is 5.29. The van der Waals surface area contributed by atoms with E-state index in [-0.39, 0.29) is 5.97 Å². The van der Waals surface area contributed by atoms with E-state index in [9.17, 15) is 4.79 Å². The van der Waals surface area contributed by atoms with Crippen molar-refractivity contribution in [1.29, 1.82) is 0 Å². The lowest BCUT2D eigenvalue weighted by Gasteiger charge is -2.03. The Morgan fingerprint density at radius 1 is 1.42 bits per heavy atom. The molecule has 2 heterocycles. The normalized spacial score (nSPS) is 10.4. The second-order valence-electron chi connectivity index (χ2n) is 4.45. The minimum atomic E-state index is -0.215. The number of ether oxygens (including phenoxy) is 1. The van der Waals surface area contributed by atoms with Gasteiger partial charge in [-0.3, -0.25) is 4.98 Å². The molecule has 0 saturated carbocycles. The zero-order valence-corrected chi connectivity index (χ0v) is 12.0. The molecule has 0 aliphatic heterocycles. The molecule has 3 nitrogen and oxygen atoms in total. The second kappa shape index (κ2) is 6.48. The van der Waals surface area contributed by atoms with Gasteiger partial charge in [0.25, 0.3) is 0 Å². The van der Waals surface area contributed by atoms with Crippen LogP contribution in [0.1, 0.15) is 32.1 Å². The topological polar surface area (TPSA) is 39.2 Å². The van der Waals surface area contributed by atoms with E-state index in [1.807, 2.05) is 38.2 Å². The van der Waals surface area contributed by atoms with Crippen molar-refractivity contribution in [3.63, 3.8) is 0 Å². The molecule has 0 unspecified atom stereocenters. The summed E-state index contributed by atoms with van der Waals surface area (Å²) < 4.78 is 5.27. The Morgan fingerprint density at radius 2 is 2.26 bits per heavy atom. The van der Waals surface area contributed by atoms with Crippen LogP contribution in [0.2, 0.25) is 0 Å². The summed E-state index contributed by atoms with van der Waals surface area (Å²) in [4.78, 5) is 17.7. The van der Waals surface area contributed by atoms with Crippen LogP contribution < -0.4 is 0 Å². The average molecular weight is 275 g/mol. The van der Waals surface area contributed by atoms with E-state index in [4.69, 9.17) is 4.74 Å². The van der Waals surface area contributed by atoms with Crippen molar-refractivity contribution < 1.29 is 9.53 Å². The first-order valence-electron chi connectivity index (χ1n) is 6.30. The number of aromatic nitrogens is 1. The molecule has 0 fully saturated rings. The fraction of sp³-hybridized carbons (Fsp3) is 0.333. The first kappa shape index (κ1) is 13.7. The molecule has 0 aliphatic rings. The van der Waals surface area contributed by atoms with Crippen molar-refractivity contribution in [2.24, 2.45) is 0 Å². The third-order valence-corrected chi connectivity index (χ3v) is 4.07. The Morgan fingerprint density at radius 3 is 2.89 bits per heavy atom. The van der Waals surface area contributed by atoms with E-state index in [1.54, 1.807) is 6.20 Å². The first-order valence-corrected chi connectivity index (χ1v) is 7.11. The van der Waals surface area contributed by atoms with Gasteiger partial charge < -0.3 is 4.74 Å². The monoisotopic (exact) mass is 275 g/mol. The average Bonchev–Trinajstić information content (AvgIpc) is 2.76. The molecule has 0 aromatic carbocycles. The van der Waals surface area contributed by atoms with Crippen molar-refractivity contribution in [3.8, 4) is 0 Å². The highest BCUT2D eigenvalue weighted by Gasteiger charge is 2.11. The fourth-order valence-corrected chi connectivity index (χ4v) is 2.66. The van der Waals surface area contributed by atoms with Gasteiger partial charge in [0, 0.05) is 17.3 Å². The highest BCUT2D eigenvalue weighted by Crippen LogP contribution is 2.21. The SMILES string of the molecule is Cc1cc(C(=O)OCCCc2cccnc2)sc1C. The van der Waals surface area contributed by atoms with E-state index < -0.39 is 0 Å². The third kappa shape index (κ3) is 3.89. The Kier molecular flexibility index (Phi) is 4.68. The summed E-state index contributed by atoms with van der Waals surface area (Å²) in [5.41, 5.74) is 2.31. The van der Waals surface area contributed by atoms with E-state index in [2.05, 4.69) is 4.98 Å². The molecule has 100 valence electrons. The maximum atomic E-state index is 11.8. The van der Waals surface area contributed by atoms with Crippen LogP contribution in [0.5, 0.6) is 0 Å². The van der Waals surface area contributed by atoms with Crippen molar-refractivity contribution in [3.05, 3.63) is 51.5 Å². The first-order chi connectivity index (χ1) is 9.16. The predicted molar refractivity (Wildman–Crippen MR) is 76.6 cm³/mol. The maximum absolute atomic E-state index is 11.8. The summed E-state index contributed by atoms with van der Waals surface area (Å²) in [6, 6.07) is 5.84. The van der Waals surface area contributed by atoms with Gasteiger partial charge in [0.15, 0.2) is 0 Å². The molecule has 0 bridgehead atoms. The zero-order chi connectivity index (χ0) is 13.7. The number of thiophene rings is 1. The molecule has 2 aromatic rings. The maximum Gasteiger partial charge on any atom is 0.348 e. The lowest BCUT2D eigenvalue weighted by molar-refractivity contribution is 0.0506. The van der Waals surface area contributed by atoms with Crippen LogP contribution >= 0.6 is 11.3 Å². The van der Waals surface area contributed by atoms with E-state index in [0.717, 1.165) is 18.4 Å². The molecule has 2 aromatic heterocycles. The van der Waals surface area contributed by atoms with Crippen molar-refractivity contribution in [2.45, 2.75) is 26.7 Å². The Bertz CT molecular complexity index is 529. The molecule has 19 heavy (non-hydrogen) atoms. The summed E-state index contributed by atoms with van der Waals surface area (Å²) >= 11 is 1.49. The highest BCUT2D eigenvalue weighted by molar-refractivity contribution is 7.14. The molecule has 2 rings (SSSR count). The van der Waals surface area contributed by atoms with Gasteiger partial charge in [-0.25, -0.2) is 4.79 Å². The molecular weight excluding hydrogens is 258 g/mol. The van der Waals surface area contributed by atoms with Gasteiger partial charge in [-0.1, -0.05) is 6.07 Å². The largest absolute Gasteiger partial charge is 0.461 e. The number of carbonyl (C=O) groups is 1. The number of esters is 1. The van der Waals surface area contributed by atoms with Gasteiger partial charge in [-0.15, -0.1) is 11.3 Å². The molecule has 4 heteroatoms. The number of rotatable bonds is 5. The summed E-state index contributed by atoms with van der Waals surface area (Å²) in [5, 5.41) is 0. The van der Waals surface area contributed by atoms with Gasteiger partial charge in [-0.05, 0) is 49.9 Å². The lowest BCUT2D eigenvalue weighted by atomic mass is 10.2. The molecular formula is C15H17NO2S. The van der Waals surface area contributed by atoms with Gasteiger partial charge in [0.05, 0.1) is 6.61 Å². The van der Waals surface area contributed by atoms with Gasteiger partial charge in [0.1, 0.15) is 4.88 Å². The van der Waals surface area contributed by atoms with Crippen LogP contribution in [-0.4, -0.2) is 17.6 Å².